The molecule has 0 spiro atoms. The van der Waals surface area contributed by atoms with Crippen LogP contribution in [0.3, 0.4) is 0 Å². The van der Waals surface area contributed by atoms with Gasteiger partial charge < -0.3 is 11.1 Å². The van der Waals surface area contributed by atoms with E-state index < -0.39 is 10.8 Å². The van der Waals surface area contributed by atoms with Crippen molar-refractivity contribution < 1.29 is 9.00 Å². The van der Waals surface area contributed by atoms with Gasteiger partial charge in [0.25, 0.3) is 0 Å². The molecule has 3 rings (SSSR count). The topological polar surface area (TPSA) is 72.2 Å². The Kier molecular flexibility index (Phi) is 6.00. The van der Waals surface area contributed by atoms with E-state index in [0.717, 1.165) is 36.1 Å². The van der Waals surface area contributed by atoms with E-state index in [-0.39, 0.29) is 17.9 Å². The Hall–Kier alpha value is -1.98. The third-order valence-corrected chi connectivity index (χ3v) is 5.85. The molecule has 0 heterocycles. The number of rotatable bonds is 6. The van der Waals surface area contributed by atoms with Gasteiger partial charge in [-0.25, -0.2) is 0 Å². The molecule has 0 aromatic heterocycles. The molecule has 1 saturated carbocycles. The van der Waals surface area contributed by atoms with Gasteiger partial charge >= 0.3 is 0 Å². The predicted molar refractivity (Wildman–Crippen MR) is 102 cm³/mol. The maximum absolute atomic E-state index is 12.4. The Bertz CT molecular complexity index is 748. The van der Waals surface area contributed by atoms with Crippen LogP contribution < -0.4 is 11.1 Å². The van der Waals surface area contributed by atoms with Gasteiger partial charge in [0, 0.05) is 40.0 Å². The van der Waals surface area contributed by atoms with Crippen LogP contribution in [0.4, 0.5) is 5.69 Å². The van der Waals surface area contributed by atoms with Crippen molar-refractivity contribution in [1.29, 1.82) is 0 Å². The molecule has 2 aromatic rings. The van der Waals surface area contributed by atoms with Crippen molar-refractivity contribution in [1.82, 2.24) is 0 Å². The summed E-state index contributed by atoms with van der Waals surface area (Å²) in [4.78, 5) is 12.3. The highest BCUT2D eigenvalue weighted by atomic mass is 32.2. The maximum Gasteiger partial charge on any atom is 0.227 e. The van der Waals surface area contributed by atoms with Crippen LogP contribution in [-0.2, 0) is 27.1 Å². The van der Waals surface area contributed by atoms with Gasteiger partial charge in [0.05, 0.1) is 0 Å². The van der Waals surface area contributed by atoms with E-state index in [1.54, 1.807) is 0 Å². The number of nitrogens with two attached hydrogens (primary N) is 1. The van der Waals surface area contributed by atoms with E-state index >= 15 is 0 Å². The van der Waals surface area contributed by atoms with Gasteiger partial charge in [-0.2, -0.15) is 0 Å². The maximum atomic E-state index is 12.4. The number of carbonyl (C=O) groups excluding carboxylic acids is 1. The first-order valence-corrected chi connectivity index (χ1v) is 10.1. The number of hydrogen-bond donors (Lipinski definition) is 2. The summed E-state index contributed by atoms with van der Waals surface area (Å²) in [5, 5.41) is 2.97. The second kappa shape index (κ2) is 8.41. The Morgan fingerprint density at radius 1 is 1.04 bits per heavy atom. The van der Waals surface area contributed by atoms with Crippen molar-refractivity contribution in [3.8, 4) is 0 Å². The van der Waals surface area contributed by atoms with E-state index in [0.29, 0.717) is 11.5 Å². The van der Waals surface area contributed by atoms with Gasteiger partial charge in [-0.05, 0) is 42.5 Å². The minimum atomic E-state index is -0.979. The molecule has 1 amide bonds. The molecule has 25 heavy (non-hydrogen) atoms. The molecule has 3 unspecified atom stereocenters. The van der Waals surface area contributed by atoms with Crippen LogP contribution in [0.5, 0.6) is 0 Å². The largest absolute Gasteiger partial charge is 0.328 e. The lowest BCUT2D eigenvalue weighted by Crippen LogP contribution is -2.23. The molecule has 4 nitrogen and oxygen atoms in total. The fourth-order valence-corrected chi connectivity index (χ4v) is 4.45. The van der Waals surface area contributed by atoms with E-state index in [1.165, 1.54) is 0 Å². The van der Waals surface area contributed by atoms with E-state index in [2.05, 4.69) is 5.32 Å². The molecular weight excluding hydrogens is 332 g/mol. The lowest BCUT2D eigenvalue weighted by Gasteiger charge is -2.12. The number of benzene rings is 2. The second-order valence-electron chi connectivity index (χ2n) is 6.67. The summed E-state index contributed by atoms with van der Waals surface area (Å²) in [5.74, 6) is 1.06. The molecule has 0 bridgehead atoms. The summed E-state index contributed by atoms with van der Waals surface area (Å²) in [6.45, 7) is 0. The molecule has 1 aliphatic carbocycles. The summed E-state index contributed by atoms with van der Waals surface area (Å²) >= 11 is 0. The average Bonchev–Trinajstić information content (AvgIpc) is 3.02. The number of carbonyl (C=O) groups is 1. The summed E-state index contributed by atoms with van der Waals surface area (Å²) in [6, 6.07) is 17.6. The number of anilines is 1. The number of hydrogen-bond acceptors (Lipinski definition) is 3. The Balaban J connectivity index is 1.57. The van der Waals surface area contributed by atoms with Crippen molar-refractivity contribution in [2.45, 2.75) is 36.8 Å². The standard InChI is InChI=1S/C20H24N2O2S/c21-18-10-9-17(12-18)20(23)22-19-8-4-7-16(11-19)14-25(24)13-15-5-2-1-3-6-15/h1-8,11,17-18H,9-10,12-14,21H2,(H,22,23). The fraction of sp³-hybridized carbons (Fsp3) is 0.350. The third kappa shape index (κ3) is 5.25. The first kappa shape index (κ1) is 17.8. The zero-order chi connectivity index (χ0) is 17.6. The summed E-state index contributed by atoms with van der Waals surface area (Å²) in [5.41, 5.74) is 8.69. The minimum absolute atomic E-state index is 0.00543. The monoisotopic (exact) mass is 356 g/mol. The van der Waals surface area contributed by atoms with Crippen molar-refractivity contribution in [3.05, 3.63) is 65.7 Å². The lowest BCUT2D eigenvalue weighted by atomic mass is 10.1. The minimum Gasteiger partial charge on any atom is -0.328 e. The van der Waals surface area contributed by atoms with Gasteiger partial charge in [-0.15, -0.1) is 0 Å². The molecule has 1 aliphatic rings. The molecule has 0 saturated heterocycles. The zero-order valence-corrected chi connectivity index (χ0v) is 15.0. The molecule has 132 valence electrons. The Morgan fingerprint density at radius 3 is 2.48 bits per heavy atom. The van der Waals surface area contributed by atoms with Gasteiger partial charge in [0.15, 0.2) is 0 Å². The Morgan fingerprint density at radius 2 is 1.76 bits per heavy atom. The SMILES string of the molecule is NC1CCC(C(=O)Nc2cccc(CS(=O)Cc3ccccc3)c2)C1. The number of amides is 1. The first-order valence-electron chi connectivity index (χ1n) is 8.64. The van der Waals surface area contributed by atoms with Crippen LogP contribution in [0.2, 0.25) is 0 Å². The van der Waals surface area contributed by atoms with Gasteiger partial charge in [-0.3, -0.25) is 9.00 Å². The fourth-order valence-electron chi connectivity index (χ4n) is 3.23. The van der Waals surface area contributed by atoms with Crippen molar-refractivity contribution in [2.24, 2.45) is 11.7 Å². The van der Waals surface area contributed by atoms with Crippen molar-refractivity contribution >= 4 is 22.4 Å². The Labute approximate surface area is 151 Å². The number of nitrogens with one attached hydrogen (secondary N) is 1. The molecule has 0 aliphatic heterocycles. The van der Waals surface area contributed by atoms with Gasteiger partial charge in [0.1, 0.15) is 0 Å². The van der Waals surface area contributed by atoms with Crippen molar-refractivity contribution in [2.75, 3.05) is 5.32 Å². The summed E-state index contributed by atoms with van der Waals surface area (Å²) in [6.07, 6.45) is 2.52. The van der Waals surface area contributed by atoms with Crippen LogP contribution in [0.25, 0.3) is 0 Å². The van der Waals surface area contributed by atoms with Crippen LogP contribution in [0.1, 0.15) is 30.4 Å². The molecule has 3 atom stereocenters. The first-order chi connectivity index (χ1) is 12.1. The normalized spacial score (nSPS) is 21.0. The quantitative estimate of drug-likeness (QED) is 0.835. The van der Waals surface area contributed by atoms with Crippen LogP contribution >= 0.6 is 0 Å². The zero-order valence-electron chi connectivity index (χ0n) is 14.2. The lowest BCUT2D eigenvalue weighted by molar-refractivity contribution is -0.119. The molecule has 0 radical (unpaired) electrons. The average molecular weight is 356 g/mol. The van der Waals surface area contributed by atoms with Crippen LogP contribution in [-0.4, -0.2) is 16.2 Å². The molecule has 1 fully saturated rings. The van der Waals surface area contributed by atoms with Crippen LogP contribution in [0, 0.1) is 5.92 Å². The molecular formula is C20H24N2O2S. The highest BCUT2D eigenvalue weighted by Crippen LogP contribution is 2.25. The molecule has 2 aromatic carbocycles. The second-order valence-corrected chi connectivity index (χ2v) is 8.13. The van der Waals surface area contributed by atoms with Gasteiger partial charge in [0.2, 0.25) is 5.91 Å². The smallest absolute Gasteiger partial charge is 0.227 e. The summed E-state index contributed by atoms with van der Waals surface area (Å²) in [7, 11) is -0.979. The van der Waals surface area contributed by atoms with E-state index in [9.17, 15) is 9.00 Å². The highest BCUT2D eigenvalue weighted by molar-refractivity contribution is 7.83. The third-order valence-electron chi connectivity index (χ3n) is 4.54. The van der Waals surface area contributed by atoms with Crippen LogP contribution in [0.15, 0.2) is 54.6 Å². The molecule has 3 N–H and O–H groups in total. The van der Waals surface area contributed by atoms with E-state index in [1.807, 2.05) is 54.6 Å². The van der Waals surface area contributed by atoms with Gasteiger partial charge in [-0.1, -0.05) is 42.5 Å². The van der Waals surface area contributed by atoms with E-state index in [4.69, 9.17) is 5.73 Å². The molecule has 5 heteroatoms. The highest BCUT2D eigenvalue weighted by Gasteiger charge is 2.27. The van der Waals surface area contributed by atoms with Crippen molar-refractivity contribution in [3.63, 3.8) is 0 Å². The summed E-state index contributed by atoms with van der Waals surface area (Å²) < 4.78 is 12.4. The predicted octanol–water partition coefficient (Wildman–Crippen LogP) is 3.20.